The van der Waals surface area contributed by atoms with Crippen LogP contribution >= 0.6 is 0 Å². The molecule has 0 unspecified atom stereocenters. The predicted octanol–water partition coefficient (Wildman–Crippen LogP) is 14.7. The number of anilines is 3. The highest BCUT2D eigenvalue weighted by atomic mass is 19.1. The van der Waals surface area contributed by atoms with E-state index in [-0.39, 0.29) is 35.4 Å². The van der Waals surface area contributed by atoms with E-state index in [2.05, 4.69) is 109 Å². The maximum atomic E-state index is 17.8. The summed E-state index contributed by atoms with van der Waals surface area (Å²) in [5, 5.41) is 0. The molecule has 0 saturated heterocycles. The molecule has 24 bridgehead atoms. The average molecular weight is 1320 g/mol. The SMILES string of the molecule is Fc1cccc(F)c1N1c2cc3c(cc2B2c4cc5c(cc4Oc4cc([C@]67CC8C9CC%10C[C@@H]8[C@@H](C6)[C@@H](C%10)C9C7)cc1c42)Oc1cc([C@]24CC6C7CC8C[C@@H]6[C@@H](C2)[C@@H](C8)C7C4)cc2c1B5c1ccccc1O2)B1c2ccccc2Oc2cc([C@]45CC6C7CC8C[C@H]6[C@@H](C4)[C@H](C8)C7C5)cc(c21)O3. The third kappa shape index (κ3) is 6.29. The first-order valence-electron chi connectivity index (χ1n) is 40.3. The summed E-state index contributed by atoms with van der Waals surface area (Å²) in [4.78, 5) is 1.99. The van der Waals surface area contributed by atoms with Crippen molar-refractivity contribution in [2.45, 2.75) is 132 Å². The van der Waals surface area contributed by atoms with Crippen molar-refractivity contribution in [3.63, 3.8) is 0 Å². The Morgan fingerprint density at radius 2 is 0.594 bits per heavy atom. The van der Waals surface area contributed by atoms with Crippen LogP contribution in [0.1, 0.15) is 132 Å². The number of hydrogen-bond donors (Lipinski definition) is 0. The van der Waals surface area contributed by atoms with E-state index in [1.165, 1.54) is 150 Å². The fourth-order valence-corrected chi connectivity index (χ4v) is 33.3. The Bertz CT molecular complexity index is 5090. The Labute approximate surface area is 589 Å². The minimum Gasteiger partial charge on any atom is -0.458 e. The largest absolute Gasteiger partial charge is 0.458 e. The van der Waals surface area contributed by atoms with Gasteiger partial charge in [-0.2, -0.15) is 0 Å². The van der Waals surface area contributed by atoms with Crippen LogP contribution in [0.4, 0.5) is 25.8 Å². The van der Waals surface area contributed by atoms with Crippen molar-refractivity contribution in [3.8, 4) is 57.5 Å². The van der Waals surface area contributed by atoms with Crippen molar-refractivity contribution in [1.29, 1.82) is 0 Å². The lowest BCUT2D eigenvalue weighted by Gasteiger charge is -2.72. The molecule has 21 aliphatic carbocycles. The van der Waals surface area contributed by atoms with E-state index < -0.39 is 18.3 Å². The molecule has 0 aromatic heterocycles. The Kier molecular flexibility index (Phi) is 9.42. The van der Waals surface area contributed by atoms with Crippen molar-refractivity contribution >= 4 is 86.4 Å². The van der Waals surface area contributed by atoms with Gasteiger partial charge in [-0.15, -0.1) is 0 Å². The van der Waals surface area contributed by atoms with E-state index in [9.17, 15) is 0 Å². The number of benzene rings is 8. The van der Waals surface area contributed by atoms with E-state index >= 15 is 8.78 Å². The van der Waals surface area contributed by atoms with Gasteiger partial charge in [-0.1, -0.05) is 54.6 Å². The Morgan fingerprint density at radius 1 is 0.277 bits per heavy atom. The van der Waals surface area contributed by atoms with Gasteiger partial charge in [-0.25, -0.2) is 8.78 Å². The molecule has 21 saturated carbocycles. The third-order valence-electron chi connectivity index (χ3n) is 35.8. The predicted molar refractivity (Wildman–Crippen MR) is 389 cm³/mol. The average Bonchev–Trinajstić information content (AvgIpc) is 0.681. The molecule has 101 heavy (non-hydrogen) atoms. The molecule has 0 amide bonds. The van der Waals surface area contributed by atoms with Gasteiger partial charge in [0.05, 0.1) is 0 Å². The summed E-state index contributed by atoms with van der Waals surface area (Å²) in [6, 6.07) is 45.9. The van der Waals surface area contributed by atoms with Crippen molar-refractivity contribution in [2.24, 2.45) is 124 Å². The topological polar surface area (TPSA) is 49.4 Å². The van der Waals surface area contributed by atoms with Gasteiger partial charge in [0.15, 0.2) is 0 Å². The second kappa shape index (κ2) is 17.5. The van der Waals surface area contributed by atoms with Gasteiger partial charge < -0.3 is 28.6 Å². The Balaban J connectivity index is 0.642. The van der Waals surface area contributed by atoms with Gasteiger partial charge in [-0.3, -0.25) is 0 Å². The van der Waals surface area contributed by atoms with E-state index in [0.29, 0.717) is 0 Å². The highest BCUT2D eigenvalue weighted by Gasteiger charge is 2.71. The summed E-state index contributed by atoms with van der Waals surface area (Å²) < 4.78 is 73.3. The summed E-state index contributed by atoms with van der Waals surface area (Å²) in [5.74, 6) is 25.3. The molecular weight excluding hydrogens is 1250 g/mol. The van der Waals surface area contributed by atoms with E-state index in [0.717, 1.165) is 242 Å². The first-order valence-corrected chi connectivity index (χ1v) is 40.3. The summed E-state index contributed by atoms with van der Waals surface area (Å²) in [6.07, 6.45) is 24.3. The first kappa shape index (κ1) is 54.3. The number of halogens is 2. The maximum Gasteiger partial charge on any atom is 0.260 e. The smallest absolute Gasteiger partial charge is 0.260 e. The number of nitrogens with zero attached hydrogens (tertiary/aromatic N) is 1. The second-order valence-corrected chi connectivity index (χ2v) is 38.7. The molecule has 0 spiro atoms. The minimum absolute atomic E-state index is 0.0614. The van der Waals surface area contributed by atoms with Gasteiger partial charge in [-0.05, 0) is 372 Å². The maximum absolute atomic E-state index is 17.8. The van der Waals surface area contributed by atoms with Crippen molar-refractivity contribution < 1.29 is 32.5 Å². The molecule has 11 heteroatoms. The lowest BCUT2D eigenvalue weighted by Crippen LogP contribution is -2.66. The third-order valence-corrected chi connectivity index (χ3v) is 35.8. The molecule has 0 atom stereocenters. The fraction of sp³-hybridized carbons (Fsp3) is 0.467. The number of hydrogen-bond acceptors (Lipinski definition) is 6. The molecular formula is C90H78B3F2NO5. The molecule has 21 fully saturated rings. The summed E-state index contributed by atoms with van der Waals surface area (Å²) in [7, 11) is 0. The van der Waals surface area contributed by atoms with Crippen LogP contribution in [0.5, 0.6) is 57.5 Å². The number of ether oxygens (including phenoxy) is 5. The zero-order chi connectivity index (χ0) is 64.6. The van der Waals surface area contributed by atoms with Crippen LogP contribution in [0.2, 0.25) is 0 Å². The number of para-hydroxylation sites is 3. The van der Waals surface area contributed by atoms with Gasteiger partial charge in [0.2, 0.25) is 0 Å². The molecule has 35 rings (SSSR count). The molecule has 0 radical (unpaired) electrons. The lowest BCUT2D eigenvalue weighted by molar-refractivity contribution is -0.212. The summed E-state index contributed by atoms with van der Waals surface area (Å²) in [5.41, 5.74) is 15.3. The standard InChI is InChI=1S/C90H78B3F2NO5/c94-70-8-5-9-71(95)87(70)96-72-29-76-67(91-64-6-1-3-10-74(64)97-80-23-44(25-82(99-76)85(80)91)89-34-58-49-15-41-16-50(58)60(36-89)51(17-41)59(49)35-89)27-66(72)93-69-28-68-77(30-78(69)100-79-22-43(21-73(96)84(79)93)88-31-55-46-12-40-13-47(55)57(33-88)48(14-40)56(46)32-88)101-83-26-45(24-81-86(83)92(68)65-7-2-4-11-75(65)98-81)90-37-61-52-18-42-19-53(61)63(39-90)54(20-42)62(52)38-90/h1-11,21-30,40-42,46-63H,12-20,31-39H2/t40?,41?,42?,46-,47-,48?,49-,50?,51+,52-,53-,54?,55-,56?,57?,58?,59-,60?,61-,62?,63?,88+,89-,90+/m1/s1. The minimum atomic E-state index is -0.592. The normalized spacial score (nSPS) is 41.2. The molecule has 8 aromatic carbocycles. The molecule has 496 valence electrons. The molecule has 6 aliphatic heterocycles. The molecule has 6 heterocycles. The molecule has 0 N–H and O–H groups in total. The van der Waals surface area contributed by atoms with Crippen LogP contribution < -0.4 is 77.7 Å². The molecule has 8 aromatic rings. The van der Waals surface area contributed by atoms with E-state index in [1.807, 2.05) is 4.90 Å². The first-order chi connectivity index (χ1) is 49.6. The summed E-state index contributed by atoms with van der Waals surface area (Å²) >= 11 is 0. The van der Waals surface area contributed by atoms with Gasteiger partial charge in [0, 0.05) is 34.4 Å². The van der Waals surface area contributed by atoms with Crippen LogP contribution in [-0.2, 0) is 16.2 Å². The van der Waals surface area contributed by atoms with Crippen molar-refractivity contribution in [1.82, 2.24) is 0 Å². The quantitative estimate of drug-likeness (QED) is 0.164. The number of rotatable bonds is 4. The van der Waals surface area contributed by atoms with Gasteiger partial charge >= 0.3 is 0 Å². The van der Waals surface area contributed by atoms with Crippen molar-refractivity contribution in [2.75, 3.05) is 4.90 Å². The second-order valence-electron chi connectivity index (χ2n) is 38.7. The van der Waals surface area contributed by atoms with E-state index in [1.54, 1.807) is 0 Å². The molecule has 27 aliphatic rings. The Hall–Kier alpha value is -7.39. The monoisotopic (exact) mass is 1320 g/mol. The van der Waals surface area contributed by atoms with Crippen molar-refractivity contribution in [3.05, 3.63) is 156 Å². The van der Waals surface area contributed by atoms with Gasteiger partial charge in [0.25, 0.3) is 20.1 Å². The highest BCUT2D eigenvalue weighted by molar-refractivity contribution is 7.03. The zero-order valence-electron chi connectivity index (χ0n) is 57.0. The van der Waals surface area contributed by atoms with Crippen LogP contribution in [0.15, 0.2) is 127 Å². The van der Waals surface area contributed by atoms with Crippen LogP contribution in [-0.4, -0.2) is 20.1 Å². The van der Waals surface area contributed by atoms with E-state index in [4.69, 9.17) is 23.7 Å². The zero-order valence-corrected chi connectivity index (χ0v) is 57.0. The number of fused-ring (bicyclic) bond motifs is 12. The Morgan fingerprint density at radius 3 is 0.980 bits per heavy atom. The summed E-state index contributed by atoms with van der Waals surface area (Å²) in [6.45, 7) is -0.805. The molecule has 6 nitrogen and oxygen atoms in total. The van der Waals surface area contributed by atoms with Crippen LogP contribution in [0, 0.1) is 136 Å². The fourth-order valence-electron chi connectivity index (χ4n) is 33.3. The van der Waals surface area contributed by atoms with Gasteiger partial charge in [0.1, 0.15) is 74.8 Å². The van der Waals surface area contributed by atoms with Crippen LogP contribution in [0.3, 0.4) is 0 Å². The highest BCUT2D eigenvalue weighted by Crippen LogP contribution is 2.78. The van der Waals surface area contributed by atoms with Crippen LogP contribution in [0.25, 0.3) is 0 Å². The lowest BCUT2D eigenvalue weighted by atomic mass is 9.29.